The van der Waals surface area contributed by atoms with Crippen LogP contribution in [0.25, 0.3) is 0 Å². The highest BCUT2D eigenvalue weighted by atomic mass is 19.1. The summed E-state index contributed by atoms with van der Waals surface area (Å²) < 4.78 is 13.3. The Bertz CT molecular complexity index is 595. The van der Waals surface area contributed by atoms with Crippen LogP contribution >= 0.6 is 0 Å². The summed E-state index contributed by atoms with van der Waals surface area (Å²) in [6.07, 6.45) is 2.32. The maximum atomic E-state index is 13.3. The first kappa shape index (κ1) is 12.0. The zero-order chi connectivity index (χ0) is 13.2. The molecule has 1 N–H and O–H groups in total. The first-order valence-electron chi connectivity index (χ1n) is 6.60. The normalized spacial score (nSPS) is 13.6. The molecular formula is C16H17FN2. The molecule has 2 aromatic rings. The lowest BCUT2D eigenvalue weighted by Crippen LogP contribution is -2.14. The number of aryl methyl sites for hydroxylation is 1. The van der Waals surface area contributed by atoms with Crippen LogP contribution in [0, 0.1) is 5.82 Å². The quantitative estimate of drug-likeness (QED) is 0.875. The van der Waals surface area contributed by atoms with Gasteiger partial charge in [0.15, 0.2) is 0 Å². The number of nitrogens with one attached hydrogen (secondary N) is 1. The number of rotatable bonds is 2. The number of benzene rings is 2. The SMILES string of the molecule is CN(c1cccc(F)c1)c1ccc2c(c1)NCCC2. The molecule has 0 unspecified atom stereocenters. The van der Waals surface area contributed by atoms with Gasteiger partial charge in [0.05, 0.1) is 0 Å². The van der Waals surface area contributed by atoms with E-state index in [1.807, 2.05) is 18.0 Å². The van der Waals surface area contributed by atoms with Gasteiger partial charge in [0, 0.05) is 30.7 Å². The van der Waals surface area contributed by atoms with Gasteiger partial charge in [0.2, 0.25) is 0 Å². The van der Waals surface area contributed by atoms with Gasteiger partial charge in [-0.2, -0.15) is 0 Å². The summed E-state index contributed by atoms with van der Waals surface area (Å²) in [4.78, 5) is 2.00. The molecular weight excluding hydrogens is 239 g/mol. The topological polar surface area (TPSA) is 15.3 Å². The van der Waals surface area contributed by atoms with Crippen LogP contribution in [0.3, 0.4) is 0 Å². The Labute approximate surface area is 112 Å². The van der Waals surface area contributed by atoms with Crippen molar-refractivity contribution < 1.29 is 4.39 Å². The van der Waals surface area contributed by atoms with Gasteiger partial charge in [0.1, 0.15) is 5.82 Å². The van der Waals surface area contributed by atoms with Crippen LogP contribution in [0.4, 0.5) is 21.5 Å². The molecule has 1 heterocycles. The highest BCUT2D eigenvalue weighted by Gasteiger charge is 2.11. The first-order valence-corrected chi connectivity index (χ1v) is 6.60. The molecule has 0 radical (unpaired) electrons. The smallest absolute Gasteiger partial charge is 0.125 e. The maximum absolute atomic E-state index is 13.3. The van der Waals surface area contributed by atoms with Crippen LogP contribution in [-0.4, -0.2) is 13.6 Å². The van der Waals surface area contributed by atoms with Crippen molar-refractivity contribution >= 4 is 17.1 Å². The molecule has 0 saturated heterocycles. The van der Waals surface area contributed by atoms with Crippen LogP contribution in [0.2, 0.25) is 0 Å². The number of nitrogens with zero attached hydrogens (tertiary/aromatic N) is 1. The van der Waals surface area contributed by atoms with Crippen LogP contribution in [0.5, 0.6) is 0 Å². The molecule has 0 fully saturated rings. The zero-order valence-corrected chi connectivity index (χ0v) is 11.0. The van der Waals surface area contributed by atoms with E-state index in [2.05, 4.69) is 23.5 Å². The number of fused-ring (bicyclic) bond motifs is 1. The number of anilines is 3. The Balaban J connectivity index is 1.93. The van der Waals surface area contributed by atoms with Crippen molar-refractivity contribution in [2.24, 2.45) is 0 Å². The minimum atomic E-state index is -0.208. The highest BCUT2D eigenvalue weighted by Crippen LogP contribution is 2.30. The summed E-state index contributed by atoms with van der Waals surface area (Å²) in [7, 11) is 1.96. The van der Waals surface area contributed by atoms with E-state index in [9.17, 15) is 4.39 Å². The van der Waals surface area contributed by atoms with E-state index in [-0.39, 0.29) is 5.82 Å². The van der Waals surface area contributed by atoms with Gasteiger partial charge in [-0.15, -0.1) is 0 Å². The maximum Gasteiger partial charge on any atom is 0.125 e. The van der Waals surface area contributed by atoms with E-state index in [1.165, 1.54) is 23.7 Å². The number of hydrogen-bond acceptors (Lipinski definition) is 2. The molecule has 0 saturated carbocycles. The average Bonchev–Trinajstić information content (AvgIpc) is 2.46. The molecule has 3 rings (SSSR count). The molecule has 98 valence electrons. The van der Waals surface area contributed by atoms with Crippen LogP contribution in [-0.2, 0) is 6.42 Å². The van der Waals surface area contributed by atoms with Crippen molar-refractivity contribution in [3.8, 4) is 0 Å². The molecule has 2 nitrogen and oxygen atoms in total. The third kappa shape index (κ3) is 2.41. The van der Waals surface area contributed by atoms with Crippen molar-refractivity contribution in [2.75, 3.05) is 23.8 Å². The summed E-state index contributed by atoms with van der Waals surface area (Å²) >= 11 is 0. The van der Waals surface area contributed by atoms with Gasteiger partial charge >= 0.3 is 0 Å². The summed E-state index contributed by atoms with van der Waals surface area (Å²) in [5.74, 6) is -0.208. The fourth-order valence-corrected chi connectivity index (χ4v) is 2.49. The lowest BCUT2D eigenvalue weighted by atomic mass is 10.0. The van der Waals surface area contributed by atoms with Crippen LogP contribution in [0.15, 0.2) is 42.5 Å². The molecule has 0 atom stereocenters. The first-order chi connectivity index (χ1) is 9.24. The summed E-state index contributed by atoms with van der Waals surface area (Å²) in [6, 6.07) is 13.1. The second-order valence-electron chi connectivity index (χ2n) is 4.91. The van der Waals surface area contributed by atoms with E-state index in [4.69, 9.17) is 0 Å². The summed E-state index contributed by atoms with van der Waals surface area (Å²) in [5.41, 5.74) is 4.49. The monoisotopic (exact) mass is 256 g/mol. The minimum Gasteiger partial charge on any atom is -0.385 e. The molecule has 1 aliphatic rings. The summed E-state index contributed by atoms with van der Waals surface area (Å²) in [6.45, 7) is 1.03. The molecule has 0 aromatic heterocycles. The van der Waals surface area contributed by atoms with Crippen LogP contribution < -0.4 is 10.2 Å². The van der Waals surface area contributed by atoms with Gasteiger partial charge in [-0.1, -0.05) is 12.1 Å². The van der Waals surface area contributed by atoms with Gasteiger partial charge in [-0.05, 0) is 48.7 Å². The lowest BCUT2D eigenvalue weighted by Gasteiger charge is -2.24. The van der Waals surface area contributed by atoms with E-state index < -0.39 is 0 Å². The van der Waals surface area contributed by atoms with E-state index in [1.54, 1.807) is 12.1 Å². The highest BCUT2D eigenvalue weighted by molar-refractivity contribution is 5.69. The Morgan fingerprint density at radius 3 is 2.79 bits per heavy atom. The van der Waals surface area contributed by atoms with Crippen LogP contribution in [0.1, 0.15) is 12.0 Å². The minimum absolute atomic E-state index is 0.208. The van der Waals surface area contributed by atoms with Gasteiger partial charge in [0.25, 0.3) is 0 Å². The van der Waals surface area contributed by atoms with Gasteiger partial charge in [-0.3, -0.25) is 0 Å². The van der Waals surface area contributed by atoms with E-state index >= 15 is 0 Å². The van der Waals surface area contributed by atoms with Crippen molar-refractivity contribution in [1.29, 1.82) is 0 Å². The van der Waals surface area contributed by atoms with E-state index in [0.29, 0.717) is 0 Å². The Kier molecular flexibility index (Phi) is 3.11. The Morgan fingerprint density at radius 2 is 1.95 bits per heavy atom. The van der Waals surface area contributed by atoms with Crippen molar-refractivity contribution in [1.82, 2.24) is 0 Å². The van der Waals surface area contributed by atoms with Gasteiger partial charge in [-0.25, -0.2) is 4.39 Å². The number of halogens is 1. The molecule has 3 heteroatoms. The predicted molar refractivity (Wildman–Crippen MR) is 77.7 cm³/mol. The molecule has 0 spiro atoms. The third-order valence-electron chi connectivity index (χ3n) is 3.61. The Morgan fingerprint density at radius 1 is 1.11 bits per heavy atom. The number of hydrogen-bond donors (Lipinski definition) is 1. The second kappa shape index (κ2) is 4.92. The van der Waals surface area contributed by atoms with E-state index in [0.717, 1.165) is 24.3 Å². The Hall–Kier alpha value is -2.03. The molecule has 2 aromatic carbocycles. The summed E-state index contributed by atoms with van der Waals surface area (Å²) in [5, 5.41) is 3.42. The van der Waals surface area contributed by atoms with Crippen molar-refractivity contribution in [3.63, 3.8) is 0 Å². The second-order valence-corrected chi connectivity index (χ2v) is 4.91. The standard InChI is InChI=1S/C16H17FN2/c1-19(14-6-2-5-13(17)10-14)15-8-7-12-4-3-9-18-16(12)11-15/h2,5-8,10-11,18H,3-4,9H2,1H3. The average molecular weight is 256 g/mol. The van der Waals surface area contributed by atoms with Crippen molar-refractivity contribution in [2.45, 2.75) is 12.8 Å². The molecule has 19 heavy (non-hydrogen) atoms. The zero-order valence-electron chi connectivity index (χ0n) is 11.0. The fourth-order valence-electron chi connectivity index (χ4n) is 2.49. The lowest BCUT2D eigenvalue weighted by molar-refractivity contribution is 0.628. The molecule has 0 aliphatic carbocycles. The fraction of sp³-hybridized carbons (Fsp3) is 0.250. The molecule has 0 amide bonds. The third-order valence-corrected chi connectivity index (χ3v) is 3.61. The molecule has 0 bridgehead atoms. The largest absolute Gasteiger partial charge is 0.385 e. The molecule has 1 aliphatic heterocycles. The predicted octanol–water partition coefficient (Wildman–Crippen LogP) is 3.95. The van der Waals surface area contributed by atoms with Crippen molar-refractivity contribution in [3.05, 3.63) is 53.8 Å². The van der Waals surface area contributed by atoms with Gasteiger partial charge < -0.3 is 10.2 Å².